The van der Waals surface area contributed by atoms with Gasteiger partial charge >= 0.3 is 0 Å². The molecule has 0 saturated carbocycles. The Morgan fingerprint density at radius 3 is 2.86 bits per heavy atom. The lowest BCUT2D eigenvalue weighted by Gasteiger charge is -2.12. The van der Waals surface area contributed by atoms with E-state index in [4.69, 9.17) is 4.74 Å². The van der Waals surface area contributed by atoms with Crippen LogP contribution in [0.1, 0.15) is 31.3 Å². The molecule has 2 rings (SSSR count). The van der Waals surface area contributed by atoms with Crippen molar-refractivity contribution in [1.29, 1.82) is 0 Å². The molecule has 0 radical (unpaired) electrons. The second-order valence-electron chi connectivity index (χ2n) is 4.69. The van der Waals surface area contributed by atoms with Gasteiger partial charge < -0.3 is 4.74 Å². The van der Waals surface area contributed by atoms with Gasteiger partial charge in [-0.2, -0.15) is 5.10 Å². The minimum atomic E-state index is -0.425. The van der Waals surface area contributed by atoms with Gasteiger partial charge in [0.2, 0.25) is 0 Å². The van der Waals surface area contributed by atoms with E-state index in [2.05, 4.69) is 26.0 Å². The van der Waals surface area contributed by atoms with Gasteiger partial charge in [-0.05, 0) is 19.9 Å². The maximum absolute atomic E-state index is 10.8. The summed E-state index contributed by atoms with van der Waals surface area (Å²) in [5.74, 6) is 1.31. The minimum absolute atomic E-state index is 0.0437. The summed E-state index contributed by atoms with van der Waals surface area (Å²) in [6, 6.07) is 4.72. The molecule has 1 aromatic heterocycles. The average molecular weight is 355 g/mol. The number of rotatable bonds is 6. The first-order valence-electron chi connectivity index (χ1n) is 6.37. The van der Waals surface area contributed by atoms with E-state index in [0.29, 0.717) is 16.9 Å². The van der Waals surface area contributed by atoms with Crippen LogP contribution >= 0.6 is 15.9 Å². The number of alkyl halides is 1. The summed E-state index contributed by atoms with van der Waals surface area (Å²) in [7, 11) is 0. The molecule has 0 aliphatic carbocycles. The van der Waals surface area contributed by atoms with Crippen molar-refractivity contribution < 1.29 is 9.66 Å². The Morgan fingerprint density at radius 1 is 1.48 bits per heavy atom. The second-order valence-corrected chi connectivity index (χ2v) is 5.25. The molecule has 0 aliphatic heterocycles. The molecule has 112 valence electrons. The van der Waals surface area contributed by atoms with Crippen molar-refractivity contribution in [3.05, 3.63) is 46.0 Å². The van der Waals surface area contributed by atoms with Crippen LogP contribution in [0.5, 0.6) is 5.75 Å². The van der Waals surface area contributed by atoms with E-state index in [9.17, 15) is 10.1 Å². The van der Waals surface area contributed by atoms with E-state index in [1.807, 2.05) is 13.8 Å². The SMILES string of the molecule is CC(C)n1ncnc1COc1ccc([N+](=O)[O-])cc1CBr. The third kappa shape index (κ3) is 3.57. The zero-order valence-corrected chi connectivity index (χ0v) is 13.3. The van der Waals surface area contributed by atoms with Gasteiger partial charge in [0.1, 0.15) is 18.7 Å². The van der Waals surface area contributed by atoms with Gasteiger partial charge in [-0.1, -0.05) is 15.9 Å². The third-order valence-corrected chi connectivity index (χ3v) is 3.50. The monoisotopic (exact) mass is 354 g/mol. The van der Waals surface area contributed by atoms with Crippen LogP contribution in [-0.2, 0) is 11.9 Å². The lowest BCUT2D eigenvalue weighted by molar-refractivity contribution is -0.384. The van der Waals surface area contributed by atoms with Crippen LogP contribution in [0.15, 0.2) is 24.5 Å². The number of hydrogen-bond acceptors (Lipinski definition) is 5. The Bertz CT molecular complexity index is 642. The molecule has 21 heavy (non-hydrogen) atoms. The van der Waals surface area contributed by atoms with Gasteiger partial charge in [-0.25, -0.2) is 9.67 Å². The number of halogens is 1. The predicted octanol–water partition coefficient (Wildman–Crippen LogP) is 3.24. The zero-order valence-electron chi connectivity index (χ0n) is 11.7. The Kier molecular flexibility index (Phi) is 4.89. The van der Waals surface area contributed by atoms with E-state index >= 15 is 0 Å². The summed E-state index contributed by atoms with van der Waals surface area (Å²) in [6.45, 7) is 4.28. The average Bonchev–Trinajstić information content (AvgIpc) is 2.93. The lowest BCUT2D eigenvalue weighted by Crippen LogP contribution is -2.11. The maximum atomic E-state index is 10.8. The Balaban J connectivity index is 2.16. The van der Waals surface area contributed by atoms with Gasteiger partial charge in [0, 0.05) is 29.1 Å². The van der Waals surface area contributed by atoms with Crippen LogP contribution in [0.4, 0.5) is 5.69 Å². The maximum Gasteiger partial charge on any atom is 0.270 e. The highest BCUT2D eigenvalue weighted by molar-refractivity contribution is 9.08. The number of hydrogen-bond donors (Lipinski definition) is 0. The molecule has 1 heterocycles. The number of benzene rings is 1. The Labute approximate surface area is 130 Å². The number of nitro groups is 1. The fraction of sp³-hybridized carbons (Fsp3) is 0.385. The Hall–Kier alpha value is -1.96. The molecule has 0 unspecified atom stereocenters. The number of nitro benzene ring substituents is 1. The zero-order chi connectivity index (χ0) is 15.4. The normalized spacial score (nSPS) is 10.9. The first kappa shape index (κ1) is 15.4. The molecule has 0 aliphatic rings. The van der Waals surface area contributed by atoms with Gasteiger partial charge in [0.15, 0.2) is 5.82 Å². The highest BCUT2D eigenvalue weighted by Gasteiger charge is 2.13. The van der Waals surface area contributed by atoms with Crippen molar-refractivity contribution in [3.8, 4) is 5.75 Å². The predicted molar refractivity (Wildman–Crippen MR) is 80.5 cm³/mol. The molecule has 8 heteroatoms. The largest absolute Gasteiger partial charge is 0.485 e. The lowest BCUT2D eigenvalue weighted by atomic mass is 10.2. The van der Waals surface area contributed by atoms with Crippen molar-refractivity contribution in [2.24, 2.45) is 0 Å². The molecule has 7 nitrogen and oxygen atoms in total. The van der Waals surface area contributed by atoms with Crippen LogP contribution < -0.4 is 4.74 Å². The summed E-state index contributed by atoms with van der Waals surface area (Å²) >= 11 is 3.31. The van der Waals surface area contributed by atoms with Gasteiger partial charge in [-0.3, -0.25) is 10.1 Å². The summed E-state index contributed by atoms with van der Waals surface area (Å²) in [5.41, 5.74) is 0.766. The molecule has 0 bridgehead atoms. The fourth-order valence-electron chi connectivity index (χ4n) is 1.88. The third-order valence-electron chi connectivity index (χ3n) is 2.89. The second kappa shape index (κ2) is 6.66. The van der Waals surface area contributed by atoms with Crippen molar-refractivity contribution in [3.63, 3.8) is 0 Å². The first-order valence-corrected chi connectivity index (χ1v) is 7.49. The number of ether oxygens (including phenoxy) is 1. The standard InChI is InChI=1S/C13H15BrN4O3/c1-9(2)17-13(15-8-16-17)7-21-12-4-3-11(18(19)20)5-10(12)6-14/h3-5,8-9H,6-7H2,1-2H3. The van der Waals surface area contributed by atoms with E-state index in [-0.39, 0.29) is 18.3 Å². The van der Waals surface area contributed by atoms with E-state index in [1.54, 1.807) is 10.7 Å². The molecular weight excluding hydrogens is 340 g/mol. The molecule has 2 aromatic rings. The highest BCUT2D eigenvalue weighted by atomic mass is 79.9. The van der Waals surface area contributed by atoms with Crippen molar-refractivity contribution in [1.82, 2.24) is 14.8 Å². The van der Waals surface area contributed by atoms with Crippen molar-refractivity contribution in [2.45, 2.75) is 31.8 Å². The van der Waals surface area contributed by atoms with Crippen LogP contribution in [0, 0.1) is 10.1 Å². The number of aromatic nitrogens is 3. The van der Waals surface area contributed by atoms with E-state index in [1.165, 1.54) is 18.5 Å². The number of non-ortho nitro benzene ring substituents is 1. The number of nitrogens with zero attached hydrogens (tertiary/aromatic N) is 4. The van der Waals surface area contributed by atoms with Crippen molar-refractivity contribution >= 4 is 21.6 Å². The molecule has 1 aromatic carbocycles. The summed E-state index contributed by atoms with van der Waals surface area (Å²) in [5, 5.41) is 15.4. The minimum Gasteiger partial charge on any atom is -0.485 e. The molecule has 0 amide bonds. The van der Waals surface area contributed by atoms with Crippen LogP contribution in [0.25, 0.3) is 0 Å². The van der Waals surface area contributed by atoms with Gasteiger partial charge in [-0.15, -0.1) is 0 Å². The van der Waals surface area contributed by atoms with Crippen molar-refractivity contribution in [2.75, 3.05) is 0 Å². The summed E-state index contributed by atoms with van der Waals surface area (Å²) < 4.78 is 7.50. The molecule has 0 atom stereocenters. The molecular formula is C13H15BrN4O3. The van der Waals surface area contributed by atoms with Gasteiger partial charge in [0.25, 0.3) is 5.69 Å². The molecule has 0 N–H and O–H groups in total. The molecule has 0 saturated heterocycles. The van der Waals surface area contributed by atoms with Crippen LogP contribution in [0.3, 0.4) is 0 Å². The fourth-order valence-corrected chi connectivity index (χ4v) is 2.31. The summed E-state index contributed by atoms with van der Waals surface area (Å²) in [4.78, 5) is 14.5. The molecule has 0 fully saturated rings. The van der Waals surface area contributed by atoms with E-state index in [0.717, 1.165) is 5.56 Å². The van der Waals surface area contributed by atoms with E-state index < -0.39 is 4.92 Å². The first-order chi connectivity index (χ1) is 10.0. The van der Waals surface area contributed by atoms with Crippen LogP contribution in [-0.4, -0.2) is 19.7 Å². The highest BCUT2D eigenvalue weighted by Crippen LogP contribution is 2.26. The Morgan fingerprint density at radius 2 is 2.24 bits per heavy atom. The van der Waals surface area contributed by atoms with Crippen LogP contribution in [0.2, 0.25) is 0 Å². The summed E-state index contributed by atoms with van der Waals surface area (Å²) in [6.07, 6.45) is 1.49. The molecule has 0 spiro atoms. The topological polar surface area (TPSA) is 83.1 Å². The smallest absolute Gasteiger partial charge is 0.270 e. The van der Waals surface area contributed by atoms with Gasteiger partial charge in [0.05, 0.1) is 4.92 Å². The quantitative estimate of drug-likeness (QED) is 0.451.